The second kappa shape index (κ2) is 9.60. The van der Waals surface area contributed by atoms with Gasteiger partial charge in [0.1, 0.15) is 11.2 Å². The average molecular weight is 394 g/mol. The summed E-state index contributed by atoms with van der Waals surface area (Å²) < 4.78 is 10.5. The number of rotatable bonds is 4. The minimum atomic E-state index is -0.805. The van der Waals surface area contributed by atoms with Gasteiger partial charge in [-0.3, -0.25) is 4.79 Å². The van der Waals surface area contributed by atoms with Gasteiger partial charge in [0.25, 0.3) is 0 Å². The van der Waals surface area contributed by atoms with Crippen LogP contribution in [0, 0.1) is 0 Å². The number of hydrogen-bond acceptors (Lipinski definition) is 6. The van der Waals surface area contributed by atoms with Crippen molar-refractivity contribution in [3.05, 3.63) is 47.4 Å². The molecule has 0 unspecified atom stereocenters. The van der Waals surface area contributed by atoms with Crippen molar-refractivity contribution >= 4 is 29.1 Å². The first-order valence-electron chi connectivity index (χ1n) is 8.53. The largest absolute Gasteiger partial charge is 0.443 e. The maximum absolute atomic E-state index is 12.3. The standard InChI is InChI=1S/C20H27NO5S/c1-19(2,3)25-17(23)21(18(24)26-20(4,5)6)13-10-14-27-16(22)15-11-8-7-9-12-15/h7-12,14H,13H2,1-6H3/b14-10+. The molecule has 0 aliphatic rings. The van der Waals surface area contributed by atoms with E-state index in [1.807, 2.05) is 6.07 Å². The van der Waals surface area contributed by atoms with E-state index in [-0.39, 0.29) is 11.7 Å². The monoisotopic (exact) mass is 393 g/mol. The Morgan fingerprint density at radius 1 is 0.926 bits per heavy atom. The lowest BCUT2D eigenvalue weighted by molar-refractivity contribution is 0.00373. The molecule has 1 aromatic rings. The summed E-state index contributed by atoms with van der Waals surface area (Å²) in [4.78, 5) is 37.6. The smallest absolute Gasteiger partial charge is 0.420 e. The van der Waals surface area contributed by atoms with Crippen LogP contribution >= 0.6 is 11.8 Å². The molecule has 27 heavy (non-hydrogen) atoms. The van der Waals surface area contributed by atoms with Crippen LogP contribution in [-0.4, -0.2) is 39.9 Å². The third kappa shape index (κ3) is 9.28. The maximum atomic E-state index is 12.3. The molecule has 1 rings (SSSR count). The fraction of sp³-hybridized carbons (Fsp3) is 0.450. The Balaban J connectivity index is 2.76. The fourth-order valence-corrected chi connectivity index (χ4v) is 2.34. The van der Waals surface area contributed by atoms with Crippen LogP contribution in [0.2, 0.25) is 0 Å². The van der Waals surface area contributed by atoms with Crippen molar-refractivity contribution < 1.29 is 23.9 Å². The molecular formula is C20H27NO5S. The Morgan fingerprint density at radius 2 is 1.41 bits per heavy atom. The van der Waals surface area contributed by atoms with Crippen LogP contribution in [0.1, 0.15) is 51.9 Å². The van der Waals surface area contributed by atoms with Gasteiger partial charge < -0.3 is 9.47 Å². The van der Waals surface area contributed by atoms with E-state index in [1.54, 1.807) is 71.9 Å². The van der Waals surface area contributed by atoms with Gasteiger partial charge in [0.2, 0.25) is 5.12 Å². The van der Waals surface area contributed by atoms with Gasteiger partial charge in [-0.2, -0.15) is 0 Å². The highest BCUT2D eigenvalue weighted by Crippen LogP contribution is 2.16. The van der Waals surface area contributed by atoms with E-state index in [9.17, 15) is 14.4 Å². The number of nitrogens with zero attached hydrogens (tertiary/aromatic N) is 1. The number of thioether (sulfide) groups is 1. The predicted molar refractivity (Wildman–Crippen MR) is 107 cm³/mol. The third-order valence-corrected chi connectivity index (χ3v) is 3.57. The Morgan fingerprint density at radius 3 is 1.85 bits per heavy atom. The molecule has 7 heteroatoms. The van der Waals surface area contributed by atoms with Gasteiger partial charge in [-0.15, -0.1) is 0 Å². The molecule has 0 fully saturated rings. The summed E-state index contributed by atoms with van der Waals surface area (Å²) in [6, 6.07) is 8.83. The van der Waals surface area contributed by atoms with Crippen molar-refractivity contribution in [2.45, 2.75) is 52.7 Å². The molecule has 0 saturated carbocycles. The summed E-state index contributed by atoms with van der Waals surface area (Å²) in [5.41, 5.74) is -0.929. The second-order valence-corrected chi connectivity index (χ2v) is 8.59. The first-order chi connectivity index (χ1) is 12.4. The maximum Gasteiger partial charge on any atom is 0.420 e. The van der Waals surface area contributed by atoms with Crippen molar-refractivity contribution in [3.8, 4) is 0 Å². The van der Waals surface area contributed by atoms with Crippen molar-refractivity contribution in [1.82, 2.24) is 4.90 Å². The molecule has 0 aliphatic heterocycles. The number of benzene rings is 1. The van der Waals surface area contributed by atoms with Crippen LogP contribution in [0.25, 0.3) is 0 Å². The van der Waals surface area contributed by atoms with E-state index in [0.717, 1.165) is 16.7 Å². The van der Waals surface area contributed by atoms with Gasteiger partial charge in [-0.25, -0.2) is 14.5 Å². The van der Waals surface area contributed by atoms with Gasteiger partial charge in [-0.05, 0) is 47.0 Å². The molecular weight excluding hydrogens is 366 g/mol. The minimum absolute atomic E-state index is 0.0705. The average Bonchev–Trinajstić information content (AvgIpc) is 2.51. The predicted octanol–water partition coefficient (Wildman–Crippen LogP) is 5.25. The van der Waals surface area contributed by atoms with E-state index in [2.05, 4.69) is 0 Å². The lowest BCUT2D eigenvalue weighted by atomic mass is 10.2. The van der Waals surface area contributed by atoms with Crippen LogP contribution in [0.15, 0.2) is 41.8 Å². The Labute approximate surface area is 164 Å². The van der Waals surface area contributed by atoms with Gasteiger partial charge in [0, 0.05) is 5.56 Å². The molecule has 0 N–H and O–H groups in total. The van der Waals surface area contributed by atoms with Crippen molar-refractivity contribution in [2.75, 3.05) is 6.54 Å². The molecule has 0 spiro atoms. The molecule has 148 valence electrons. The van der Waals surface area contributed by atoms with E-state index < -0.39 is 23.4 Å². The Hall–Kier alpha value is -2.28. The number of carbonyl (C=O) groups is 3. The SMILES string of the molecule is CC(C)(C)OC(=O)N(C/C=C/SC(=O)c1ccccc1)C(=O)OC(C)(C)C. The van der Waals surface area contributed by atoms with Crippen molar-refractivity contribution in [2.24, 2.45) is 0 Å². The topological polar surface area (TPSA) is 72.9 Å². The molecule has 0 aliphatic carbocycles. The summed E-state index contributed by atoms with van der Waals surface area (Å²) in [7, 11) is 0. The highest BCUT2D eigenvalue weighted by atomic mass is 32.2. The first kappa shape index (κ1) is 22.8. The third-order valence-electron chi connectivity index (χ3n) is 2.80. The van der Waals surface area contributed by atoms with Gasteiger partial charge in [0.05, 0.1) is 6.54 Å². The van der Waals surface area contributed by atoms with Crippen molar-refractivity contribution in [1.29, 1.82) is 0 Å². The van der Waals surface area contributed by atoms with Gasteiger partial charge in [0.15, 0.2) is 0 Å². The second-order valence-electron chi connectivity index (χ2n) is 7.71. The number of carbonyl (C=O) groups excluding carboxylic acids is 3. The van der Waals surface area contributed by atoms with E-state index in [1.165, 1.54) is 5.41 Å². The lowest BCUT2D eigenvalue weighted by Crippen LogP contribution is -2.43. The molecule has 6 nitrogen and oxygen atoms in total. The summed E-state index contributed by atoms with van der Waals surface area (Å²) >= 11 is 0.971. The van der Waals surface area contributed by atoms with Gasteiger partial charge in [-0.1, -0.05) is 48.2 Å². The lowest BCUT2D eigenvalue weighted by Gasteiger charge is -2.28. The zero-order valence-corrected chi connectivity index (χ0v) is 17.5. The summed E-state index contributed by atoms with van der Waals surface area (Å²) in [6.07, 6.45) is -0.0686. The first-order valence-corrected chi connectivity index (χ1v) is 9.41. The minimum Gasteiger partial charge on any atom is -0.443 e. The number of ether oxygens (including phenoxy) is 2. The normalized spacial score (nSPS) is 11.9. The van der Waals surface area contributed by atoms with E-state index in [0.29, 0.717) is 5.56 Å². The summed E-state index contributed by atoms with van der Waals surface area (Å²) in [6.45, 7) is 10.2. The quantitative estimate of drug-likeness (QED) is 0.696. The number of amides is 2. The Kier molecular flexibility index (Phi) is 8.09. The summed E-state index contributed by atoms with van der Waals surface area (Å²) in [5.74, 6) is 0. The zero-order valence-electron chi connectivity index (χ0n) is 16.6. The molecule has 0 heterocycles. The highest BCUT2D eigenvalue weighted by molar-refractivity contribution is 8.16. The van der Waals surface area contributed by atoms with Gasteiger partial charge >= 0.3 is 12.2 Å². The molecule has 0 bridgehead atoms. The van der Waals surface area contributed by atoms with E-state index >= 15 is 0 Å². The highest BCUT2D eigenvalue weighted by Gasteiger charge is 2.30. The van der Waals surface area contributed by atoms with Crippen LogP contribution in [0.3, 0.4) is 0 Å². The molecule has 1 aromatic carbocycles. The zero-order chi connectivity index (χ0) is 20.7. The van der Waals surface area contributed by atoms with Crippen molar-refractivity contribution in [3.63, 3.8) is 0 Å². The number of imide groups is 1. The molecule has 0 aromatic heterocycles. The Bertz CT molecular complexity index is 659. The molecule has 0 atom stereocenters. The van der Waals surface area contributed by atoms with Crippen LogP contribution in [0.4, 0.5) is 9.59 Å². The summed E-state index contributed by atoms with van der Waals surface area (Å²) in [5, 5.41) is 1.41. The number of hydrogen-bond donors (Lipinski definition) is 0. The molecule has 2 amide bonds. The van der Waals surface area contributed by atoms with Crippen LogP contribution in [0.5, 0.6) is 0 Å². The van der Waals surface area contributed by atoms with Crippen LogP contribution < -0.4 is 0 Å². The van der Waals surface area contributed by atoms with Crippen LogP contribution in [-0.2, 0) is 9.47 Å². The fourth-order valence-electron chi connectivity index (χ4n) is 1.76. The molecule has 0 saturated heterocycles. The molecule has 0 radical (unpaired) electrons. The van der Waals surface area contributed by atoms with E-state index in [4.69, 9.17) is 9.47 Å².